The molecule has 8 heteroatoms. The Morgan fingerprint density at radius 2 is 1.74 bits per heavy atom. The molecule has 0 aliphatic carbocycles. The fourth-order valence-electron chi connectivity index (χ4n) is 3.71. The summed E-state index contributed by atoms with van der Waals surface area (Å²) in [5.74, 6) is 0.594. The lowest BCUT2D eigenvalue weighted by atomic mass is 10.1. The van der Waals surface area contributed by atoms with Gasteiger partial charge in [0, 0.05) is 29.2 Å². The molecule has 1 N–H and O–H groups in total. The summed E-state index contributed by atoms with van der Waals surface area (Å²) in [4.78, 5) is 26.6. The Balaban J connectivity index is 1.26. The van der Waals surface area contributed by atoms with E-state index in [0.29, 0.717) is 30.5 Å². The molecule has 1 atom stereocenters. The van der Waals surface area contributed by atoms with Crippen LogP contribution in [-0.4, -0.2) is 31.2 Å². The quantitative estimate of drug-likeness (QED) is 0.344. The molecule has 180 valence electrons. The van der Waals surface area contributed by atoms with Gasteiger partial charge in [-0.2, -0.15) is 5.10 Å². The first-order valence-electron chi connectivity index (χ1n) is 11.4. The molecule has 0 radical (unpaired) electrons. The third-order valence-corrected chi connectivity index (χ3v) is 5.94. The van der Waals surface area contributed by atoms with Crippen molar-refractivity contribution in [1.82, 2.24) is 5.43 Å². The molecule has 2 amide bonds. The molecule has 35 heavy (non-hydrogen) atoms. The van der Waals surface area contributed by atoms with Gasteiger partial charge in [0.15, 0.2) is 0 Å². The van der Waals surface area contributed by atoms with Gasteiger partial charge in [-0.25, -0.2) is 5.43 Å². The number of rotatable bonds is 9. The largest absolute Gasteiger partial charge is 0.494 e. The van der Waals surface area contributed by atoms with Crippen molar-refractivity contribution in [3.8, 4) is 11.5 Å². The van der Waals surface area contributed by atoms with Crippen LogP contribution in [-0.2, 0) is 16.2 Å². The number of benzene rings is 3. The standard InChI is InChI=1S/C27H26ClN3O4/c1-2-34-23-13-9-22(10-14-23)31-17-21(15-26(31)32)27(33)30-29-16-19-7-11-24(12-8-19)35-18-20-5-3-4-6-25(20)28/h3-14,16,21H,2,15,17-18H2,1H3,(H,30,33)/b29-16-/t21-/m0/s1. The van der Waals surface area contributed by atoms with Crippen molar-refractivity contribution >= 4 is 35.3 Å². The van der Waals surface area contributed by atoms with Crippen LogP contribution >= 0.6 is 11.6 Å². The molecule has 1 fully saturated rings. The first-order chi connectivity index (χ1) is 17.0. The average Bonchev–Trinajstić information content (AvgIpc) is 3.26. The molecule has 1 aliphatic heterocycles. The molecule has 1 heterocycles. The normalized spacial score (nSPS) is 15.4. The lowest BCUT2D eigenvalue weighted by molar-refractivity contribution is -0.126. The number of ether oxygens (including phenoxy) is 2. The number of nitrogens with one attached hydrogen (secondary N) is 1. The minimum Gasteiger partial charge on any atom is -0.494 e. The summed E-state index contributed by atoms with van der Waals surface area (Å²) in [5.41, 5.74) is 5.00. The SMILES string of the molecule is CCOc1ccc(N2C[C@@H](C(=O)N/N=C\c3ccc(OCc4ccccc4Cl)cc3)CC2=O)cc1. The molecule has 0 saturated carbocycles. The van der Waals surface area contributed by atoms with Gasteiger partial charge in [-0.1, -0.05) is 29.8 Å². The Hall–Kier alpha value is -3.84. The number of hydrogen-bond donors (Lipinski definition) is 1. The molecule has 1 aliphatic rings. The molecule has 7 nitrogen and oxygen atoms in total. The maximum absolute atomic E-state index is 12.5. The van der Waals surface area contributed by atoms with Crippen LogP contribution < -0.4 is 19.8 Å². The summed E-state index contributed by atoms with van der Waals surface area (Å²) in [6.07, 6.45) is 1.70. The van der Waals surface area contributed by atoms with Gasteiger partial charge in [0.2, 0.25) is 11.8 Å². The zero-order chi connectivity index (χ0) is 24.6. The van der Waals surface area contributed by atoms with Gasteiger partial charge in [0.1, 0.15) is 18.1 Å². The highest BCUT2D eigenvalue weighted by atomic mass is 35.5. The number of hydrogen-bond acceptors (Lipinski definition) is 5. The van der Waals surface area contributed by atoms with E-state index in [-0.39, 0.29) is 18.2 Å². The topological polar surface area (TPSA) is 80.2 Å². The smallest absolute Gasteiger partial charge is 0.245 e. The van der Waals surface area contributed by atoms with Crippen LogP contribution in [0.15, 0.2) is 77.9 Å². The highest BCUT2D eigenvalue weighted by Gasteiger charge is 2.35. The van der Waals surface area contributed by atoms with Crippen LogP contribution in [0.1, 0.15) is 24.5 Å². The first kappa shape index (κ1) is 24.3. The molecule has 0 bridgehead atoms. The van der Waals surface area contributed by atoms with E-state index in [2.05, 4.69) is 10.5 Å². The van der Waals surface area contributed by atoms with Crippen molar-refractivity contribution in [2.24, 2.45) is 11.0 Å². The van der Waals surface area contributed by atoms with Gasteiger partial charge >= 0.3 is 0 Å². The van der Waals surface area contributed by atoms with Crippen molar-refractivity contribution < 1.29 is 19.1 Å². The van der Waals surface area contributed by atoms with Crippen molar-refractivity contribution in [1.29, 1.82) is 0 Å². The van der Waals surface area contributed by atoms with E-state index in [0.717, 1.165) is 22.6 Å². The third-order valence-electron chi connectivity index (χ3n) is 5.58. The highest BCUT2D eigenvalue weighted by molar-refractivity contribution is 6.31. The fraction of sp³-hybridized carbons (Fsp3) is 0.222. The molecular formula is C27H26ClN3O4. The zero-order valence-corrected chi connectivity index (χ0v) is 20.1. The van der Waals surface area contributed by atoms with E-state index in [1.165, 1.54) is 0 Å². The zero-order valence-electron chi connectivity index (χ0n) is 19.3. The molecule has 4 rings (SSSR count). The summed E-state index contributed by atoms with van der Waals surface area (Å²) in [5, 5.41) is 4.71. The van der Waals surface area contributed by atoms with Crippen molar-refractivity contribution in [3.63, 3.8) is 0 Å². The van der Waals surface area contributed by atoms with Gasteiger partial charge in [-0.05, 0) is 67.1 Å². The van der Waals surface area contributed by atoms with E-state index >= 15 is 0 Å². The van der Waals surface area contributed by atoms with Crippen LogP contribution in [0.2, 0.25) is 5.02 Å². The number of nitrogens with zero attached hydrogens (tertiary/aromatic N) is 2. The van der Waals surface area contributed by atoms with Gasteiger partial charge in [-0.15, -0.1) is 0 Å². The van der Waals surface area contributed by atoms with Gasteiger partial charge in [0.05, 0.1) is 18.7 Å². The van der Waals surface area contributed by atoms with Gasteiger partial charge in [-0.3, -0.25) is 9.59 Å². The average molecular weight is 492 g/mol. The Morgan fingerprint density at radius 1 is 1.06 bits per heavy atom. The second kappa shape index (κ2) is 11.5. The summed E-state index contributed by atoms with van der Waals surface area (Å²) in [7, 11) is 0. The number of carbonyl (C=O) groups is 2. The Morgan fingerprint density at radius 3 is 2.46 bits per heavy atom. The number of anilines is 1. The molecule has 0 aromatic heterocycles. The van der Waals surface area contributed by atoms with Gasteiger partial charge < -0.3 is 14.4 Å². The highest BCUT2D eigenvalue weighted by Crippen LogP contribution is 2.27. The lowest BCUT2D eigenvalue weighted by Crippen LogP contribution is -2.30. The maximum atomic E-state index is 12.5. The Labute approximate surface area is 209 Å². The van der Waals surface area contributed by atoms with Crippen LogP contribution in [0.4, 0.5) is 5.69 Å². The van der Waals surface area contributed by atoms with E-state index in [1.54, 1.807) is 11.1 Å². The number of hydrazone groups is 1. The van der Waals surface area contributed by atoms with Crippen LogP contribution in [0.25, 0.3) is 0 Å². The second-order valence-corrected chi connectivity index (χ2v) is 8.42. The second-order valence-electron chi connectivity index (χ2n) is 8.02. The van der Waals surface area contributed by atoms with Gasteiger partial charge in [0.25, 0.3) is 0 Å². The molecular weight excluding hydrogens is 466 g/mol. The molecule has 3 aromatic carbocycles. The van der Waals surface area contributed by atoms with Crippen molar-refractivity contribution in [2.45, 2.75) is 20.0 Å². The Kier molecular flexibility index (Phi) is 8.00. The third kappa shape index (κ3) is 6.39. The van der Waals surface area contributed by atoms with E-state index in [9.17, 15) is 9.59 Å². The molecule has 0 spiro atoms. The minimum absolute atomic E-state index is 0.0920. The summed E-state index contributed by atoms with van der Waals surface area (Å²) in [6, 6.07) is 22.1. The summed E-state index contributed by atoms with van der Waals surface area (Å²) >= 11 is 6.15. The van der Waals surface area contributed by atoms with E-state index in [4.69, 9.17) is 21.1 Å². The maximum Gasteiger partial charge on any atom is 0.245 e. The van der Waals surface area contributed by atoms with Crippen molar-refractivity contribution in [2.75, 3.05) is 18.1 Å². The van der Waals surface area contributed by atoms with E-state index < -0.39 is 5.92 Å². The number of amides is 2. The summed E-state index contributed by atoms with van der Waals surface area (Å²) in [6.45, 7) is 3.17. The first-order valence-corrected chi connectivity index (χ1v) is 11.7. The predicted octanol–water partition coefficient (Wildman–Crippen LogP) is 4.82. The minimum atomic E-state index is -0.466. The monoisotopic (exact) mass is 491 g/mol. The molecule has 1 saturated heterocycles. The molecule has 0 unspecified atom stereocenters. The number of halogens is 1. The Bertz CT molecular complexity index is 1200. The lowest BCUT2D eigenvalue weighted by Gasteiger charge is -2.17. The number of carbonyl (C=O) groups excluding carboxylic acids is 2. The fourth-order valence-corrected chi connectivity index (χ4v) is 3.90. The van der Waals surface area contributed by atoms with E-state index in [1.807, 2.05) is 79.7 Å². The van der Waals surface area contributed by atoms with Crippen LogP contribution in [0, 0.1) is 5.92 Å². The van der Waals surface area contributed by atoms with Crippen molar-refractivity contribution in [3.05, 3.63) is 88.9 Å². The predicted molar refractivity (Wildman–Crippen MR) is 136 cm³/mol. The van der Waals surface area contributed by atoms with Crippen LogP contribution in [0.5, 0.6) is 11.5 Å². The molecule has 3 aromatic rings. The van der Waals surface area contributed by atoms with Crippen LogP contribution in [0.3, 0.4) is 0 Å². The summed E-state index contributed by atoms with van der Waals surface area (Å²) < 4.78 is 11.2.